The second-order valence-corrected chi connectivity index (χ2v) is 14.3. The lowest BCUT2D eigenvalue weighted by molar-refractivity contribution is -0.151. The molecule has 1 rings (SSSR count). The highest BCUT2D eigenvalue weighted by Crippen LogP contribution is 2.60. The van der Waals surface area contributed by atoms with E-state index in [0.717, 1.165) is 19.6 Å². The summed E-state index contributed by atoms with van der Waals surface area (Å²) in [5.41, 5.74) is 0.823. The van der Waals surface area contributed by atoms with E-state index in [2.05, 4.69) is 56.0 Å². The number of carbonyl (C=O) groups is 1. The molecule has 0 spiro atoms. The molecule has 0 aliphatic heterocycles. The van der Waals surface area contributed by atoms with E-state index in [9.17, 15) is 4.79 Å². The Morgan fingerprint density at radius 1 is 0.903 bits per heavy atom. The van der Waals surface area contributed by atoms with Gasteiger partial charge in [0.2, 0.25) is 0 Å². The number of unbranched alkanes of at least 4 members (excludes halogenated alkanes) is 3. The van der Waals surface area contributed by atoms with Crippen LogP contribution in [-0.2, 0) is 16.1 Å². The Morgan fingerprint density at radius 3 is 1.87 bits per heavy atom. The Bertz CT molecular complexity index is 581. The maximum Gasteiger partial charge on any atom is 0.312 e. The first-order valence-corrected chi connectivity index (χ1v) is 15.0. The van der Waals surface area contributed by atoms with Gasteiger partial charge < -0.3 is 4.74 Å². The third kappa shape index (κ3) is 10.5. The first kappa shape index (κ1) is 28.1. The van der Waals surface area contributed by atoms with Crippen LogP contribution in [0.5, 0.6) is 0 Å². The normalized spacial score (nSPS) is 12.4. The van der Waals surface area contributed by atoms with Gasteiger partial charge in [-0.1, -0.05) is 70.4 Å². The summed E-state index contributed by atoms with van der Waals surface area (Å²) in [4.78, 5) is 14.9. The monoisotopic (exact) mass is 450 g/mol. The molecule has 0 heterocycles. The predicted octanol–water partition coefficient (Wildman–Crippen LogP) is 7.11. The van der Waals surface area contributed by atoms with Crippen LogP contribution in [-0.4, -0.2) is 55.7 Å². The second kappa shape index (κ2) is 15.0. The highest BCUT2D eigenvalue weighted by Gasteiger charge is 2.37. The number of hydrogen-bond donors (Lipinski definition) is 0. The number of ether oxygens (including phenoxy) is 1. The molecule has 0 aliphatic rings. The van der Waals surface area contributed by atoms with Gasteiger partial charge in [-0.15, -0.1) is 0 Å². The van der Waals surface area contributed by atoms with Gasteiger partial charge in [0, 0.05) is 26.9 Å². The topological polar surface area (TPSA) is 29.5 Å². The predicted molar refractivity (Wildman–Crippen MR) is 139 cm³/mol. The molecule has 0 aromatic heterocycles. The third-order valence-corrected chi connectivity index (χ3v) is 11.4. The molecule has 1 aromatic rings. The van der Waals surface area contributed by atoms with Crippen molar-refractivity contribution < 1.29 is 9.53 Å². The zero-order chi connectivity index (χ0) is 23.2. The first-order valence-electron chi connectivity index (χ1n) is 12.5. The molecule has 0 atom stereocenters. The van der Waals surface area contributed by atoms with Gasteiger partial charge in [-0.05, 0) is 38.7 Å². The highest BCUT2D eigenvalue weighted by molar-refractivity contribution is 7.75. The van der Waals surface area contributed by atoms with E-state index in [0.29, 0.717) is 0 Å². The van der Waals surface area contributed by atoms with E-state index in [1.807, 2.05) is 13.8 Å². The molecule has 0 fully saturated rings. The van der Waals surface area contributed by atoms with Crippen molar-refractivity contribution in [2.45, 2.75) is 79.7 Å². The van der Waals surface area contributed by atoms with Crippen LogP contribution < -0.4 is 0 Å². The molecule has 0 aliphatic carbocycles. The number of rotatable bonds is 17. The number of hydrogen-bond acceptors (Lipinski definition) is 3. The Hall–Kier alpha value is -0.920. The molecule has 0 amide bonds. The first-order chi connectivity index (χ1) is 14.8. The molecule has 0 saturated heterocycles. The maximum atomic E-state index is 12.4. The molecule has 0 unspecified atom stereocenters. The number of benzene rings is 1. The van der Waals surface area contributed by atoms with Gasteiger partial charge in [0.05, 0.1) is 37.2 Å². The summed E-state index contributed by atoms with van der Waals surface area (Å²) < 4.78 is 5.11. The zero-order valence-electron chi connectivity index (χ0n) is 21.3. The zero-order valence-corrected chi connectivity index (χ0v) is 22.2. The van der Waals surface area contributed by atoms with Crippen molar-refractivity contribution in [3.63, 3.8) is 0 Å². The van der Waals surface area contributed by atoms with E-state index in [4.69, 9.17) is 4.74 Å². The van der Waals surface area contributed by atoms with Gasteiger partial charge >= 0.3 is 5.97 Å². The molecule has 0 saturated carbocycles. The van der Waals surface area contributed by atoms with E-state index < -0.39 is 12.7 Å². The molecule has 0 bridgehead atoms. The van der Waals surface area contributed by atoms with Crippen LogP contribution in [0.2, 0.25) is 0 Å². The molecular formula is C27H49NO2P+. The van der Waals surface area contributed by atoms with Gasteiger partial charge in [0.25, 0.3) is 0 Å². The van der Waals surface area contributed by atoms with Crippen molar-refractivity contribution in [2.24, 2.45) is 5.41 Å². The summed E-state index contributed by atoms with van der Waals surface area (Å²) >= 11 is 0. The SMILES string of the molecule is CCCC[P+](CCCC)(CCCC)CCN(Cc1ccccc1)CC(C)(C)C(=O)OC. The van der Waals surface area contributed by atoms with Crippen molar-refractivity contribution in [1.29, 1.82) is 0 Å². The Kier molecular flexibility index (Phi) is 13.6. The smallest absolute Gasteiger partial charge is 0.312 e. The average Bonchev–Trinajstić information content (AvgIpc) is 2.77. The molecule has 4 heteroatoms. The van der Waals surface area contributed by atoms with Crippen molar-refractivity contribution in [3.05, 3.63) is 35.9 Å². The van der Waals surface area contributed by atoms with E-state index in [-0.39, 0.29) is 5.97 Å². The van der Waals surface area contributed by atoms with Crippen LogP contribution in [0.15, 0.2) is 30.3 Å². The molecular weight excluding hydrogens is 401 g/mol. The number of methoxy groups -OCH3 is 1. The Morgan fingerprint density at radius 2 is 1.42 bits per heavy atom. The molecule has 0 radical (unpaired) electrons. The van der Waals surface area contributed by atoms with Crippen LogP contribution >= 0.6 is 7.26 Å². The molecule has 1 aromatic carbocycles. The summed E-state index contributed by atoms with van der Waals surface area (Å²) in [6.07, 6.45) is 13.7. The minimum absolute atomic E-state index is 0.116. The molecule has 31 heavy (non-hydrogen) atoms. The lowest BCUT2D eigenvalue weighted by Gasteiger charge is -2.34. The second-order valence-electron chi connectivity index (χ2n) is 9.87. The van der Waals surface area contributed by atoms with Crippen LogP contribution in [0.4, 0.5) is 0 Å². The Balaban J connectivity index is 3.03. The lowest BCUT2D eigenvalue weighted by Crippen LogP contribution is -2.41. The molecule has 178 valence electrons. The summed E-state index contributed by atoms with van der Waals surface area (Å²) in [6, 6.07) is 10.7. The summed E-state index contributed by atoms with van der Waals surface area (Å²) in [5, 5.41) is 0. The molecule has 0 N–H and O–H groups in total. The largest absolute Gasteiger partial charge is 0.469 e. The minimum atomic E-state index is -0.958. The van der Waals surface area contributed by atoms with Gasteiger partial charge in [0.15, 0.2) is 0 Å². The van der Waals surface area contributed by atoms with Gasteiger partial charge in [0.1, 0.15) is 0 Å². The summed E-state index contributed by atoms with van der Waals surface area (Å²) in [6.45, 7) is 13.7. The summed E-state index contributed by atoms with van der Waals surface area (Å²) in [7, 11) is 0.544. The van der Waals surface area contributed by atoms with Crippen LogP contribution in [0, 0.1) is 5.41 Å². The van der Waals surface area contributed by atoms with Crippen molar-refractivity contribution in [1.82, 2.24) is 4.90 Å². The van der Waals surface area contributed by atoms with E-state index in [1.165, 1.54) is 75.8 Å². The highest BCUT2D eigenvalue weighted by atomic mass is 31.2. The number of nitrogens with zero attached hydrogens (tertiary/aromatic N) is 1. The van der Waals surface area contributed by atoms with Gasteiger partial charge in [-0.3, -0.25) is 9.69 Å². The Labute approximate surface area is 193 Å². The fourth-order valence-electron chi connectivity index (χ4n) is 4.46. The van der Waals surface area contributed by atoms with E-state index in [1.54, 1.807) is 0 Å². The standard InChI is InChI=1S/C27H49NO2P/c1-7-10-19-31(20-11-8-2,21-12-9-3)22-18-28(23-25-16-14-13-15-17-25)24-27(4,5)26(29)30-6/h13-17H,7-12,18-24H2,1-6H3/q+1. The van der Waals surface area contributed by atoms with E-state index >= 15 is 0 Å². The molecule has 3 nitrogen and oxygen atoms in total. The quantitative estimate of drug-likeness (QED) is 0.187. The number of carbonyl (C=O) groups excluding carboxylic acids is 1. The average molecular weight is 451 g/mol. The summed E-state index contributed by atoms with van der Waals surface area (Å²) in [5.74, 6) is -0.116. The fraction of sp³-hybridized carbons (Fsp3) is 0.741. The van der Waals surface area contributed by atoms with Gasteiger partial charge in [-0.2, -0.15) is 0 Å². The fourth-order valence-corrected chi connectivity index (χ4v) is 9.47. The van der Waals surface area contributed by atoms with Crippen LogP contribution in [0.25, 0.3) is 0 Å². The lowest BCUT2D eigenvalue weighted by atomic mass is 9.92. The van der Waals surface area contributed by atoms with Crippen molar-refractivity contribution in [2.75, 3.05) is 44.8 Å². The van der Waals surface area contributed by atoms with Gasteiger partial charge in [-0.25, -0.2) is 0 Å². The van der Waals surface area contributed by atoms with Crippen molar-refractivity contribution >= 4 is 13.2 Å². The van der Waals surface area contributed by atoms with Crippen LogP contribution in [0.1, 0.15) is 78.7 Å². The minimum Gasteiger partial charge on any atom is -0.469 e. The number of esters is 1. The maximum absolute atomic E-state index is 12.4. The van der Waals surface area contributed by atoms with Crippen molar-refractivity contribution in [3.8, 4) is 0 Å². The van der Waals surface area contributed by atoms with Crippen LogP contribution in [0.3, 0.4) is 0 Å². The third-order valence-electron chi connectivity index (χ3n) is 6.45.